The van der Waals surface area contributed by atoms with E-state index in [1.54, 1.807) is 19.1 Å². The lowest BCUT2D eigenvalue weighted by Crippen LogP contribution is -2.29. The molecular formula is C14H19BrN2O3. The molecule has 6 heteroatoms. The first-order chi connectivity index (χ1) is 9.49. The molecule has 0 radical (unpaired) electrons. The average Bonchev–Trinajstić information content (AvgIpc) is 2.42. The zero-order chi connectivity index (χ0) is 15.1. The Morgan fingerprint density at radius 2 is 2.20 bits per heavy atom. The maximum absolute atomic E-state index is 12.1. The van der Waals surface area contributed by atoms with Gasteiger partial charge < -0.3 is 5.32 Å². The van der Waals surface area contributed by atoms with Crippen LogP contribution in [0.15, 0.2) is 18.2 Å². The van der Waals surface area contributed by atoms with Gasteiger partial charge in [-0.1, -0.05) is 35.3 Å². The highest BCUT2D eigenvalue weighted by atomic mass is 79.9. The molecule has 1 N–H and O–H groups in total. The largest absolute Gasteiger partial charge is 0.352 e. The minimum absolute atomic E-state index is 0.128. The first kappa shape index (κ1) is 16.6. The number of aryl methyl sites for hydroxylation is 1. The molecule has 5 nitrogen and oxygen atoms in total. The van der Waals surface area contributed by atoms with Crippen molar-refractivity contribution in [3.63, 3.8) is 0 Å². The van der Waals surface area contributed by atoms with Gasteiger partial charge in [0.2, 0.25) is 0 Å². The summed E-state index contributed by atoms with van der Waals surface area (Å²) >= 11 is 3.38. The van der Waals surface area contributed by atoms with Crippen LogP contribution in [0.25, 0.3) is 0 Å². The molecule has 0 aliphatic carbocycles. The smallest absolute Gasteiger partial charge is 0.282 e. The summed E-state index contributed by atoms with van der Waals surface area (Å²) in [6.07, 6.45) is 1.93. The average molecular weight is 343 g/mol. The van der Waals surface area contributed by atoms with E-state index < -0.39 is 4.92 Å². The number of nitro benzene ring substituents is 1. The molecule has 1 aromatic rings. The van der Waals surface area contributed by atoms with Gasteiger partial charge in [-0.25, -0.2) is 0 Å². The summed E-state index contributed by atoms with van der Waals surface area (Å²) in [5.74, 6) is -0.00406. The molecule has 1 atom stereocenters. The molecule has 0 aliphatic heterocycles. The van der Waals surface area contributed by atoms with E-state index in [1.807, 2.05) is 0 Å². The van der Waals surface area contributed by atoms with E-state index in [0.29, 0.717) is 12.5 Å². The summed E-state index contributed by atoms with van der Waals surface area (Å²) in [7, 11) is 0. The van der Waals surface area contributed by atoms with Gasteiger partial charge >= 0.3 is 0 Å². The van der Waals surface area contributed by atoms with Crippen LogP contribution < -0.4 is 5.32 Å². The maximum Gasteiger partial charge on any atom is 0.282 e. The maximum atomic E-state index is 12.1. The third-order valence-electron chi connectivity index (χ3n) is 3.24. The predicted molar refractivity (Wildman–Crippen MR) is 82.4 cm³/mol. The molecule has 1 rings (SSSR count). The van der Waals surface area contributed by atoms with Crippen LogP contribution in [0.5, 0.6) is 0 Å². The molecule has 0 aromatic heterocycles. The van der Waals surface area contributed by atoms with Crippen LogP contribution in [0, 0.1) is 23.0 Å². The Bertz CT molecular complexity index is 491. The number of nitro groups is 1. The summed E-state index contributed by atoms with van der Waals surface area (Å²) in [5, 5.41) is 14.6. The van der Waals surface area contributed by atoms with Gasteiger partial charge in [-0.2, -0.15) is 0 Å². The molecule has 1 amide bonds. The number of carbonyl (C=O) groups excluding carboxylic acids is 1. The number of benzene rings is 1. The first-order valence-electron chi connectivity index (χ1n) is 6.58. The molecule has 0 saturated carbocycles. The standard InChI is InChI=1S/C14H19BrN2O3/c1-3-11(6-7-15)9-16-14(18)12-8-10(2)4-5-13(12)17(19)20/h4-5,8,11H,3,6-7,9H2,1-2H3,(H,16,18). The van der Waals surface area contributed by atoms with Gasteiger partial charge in [0, 0.05) is 17.9 Å². The Hall–Kier alpha value is -1.43. The molecule has 1 unspecified atom stereocenters. The van der Waals surface area contributed by atoms with E-state index in [-0.39, 0.29) is 17.2 Å². The molecule has 0 heterocycles. The van der Waals surface area contributed by atoms with Crippen molar-refractivity contribution in [2.24, 2.45) is 5.92 Å². The monoisotopic (exact) mass is 342 g/mol. The SMILES string of the molecule is CCC(CCBr)CNC(=O)c1cc(C)ccc1[N+](=O)[O-]. The van der Waals surface area contributed by atoms with E-state index in [9.17, 15) is 14.9 Å². The normalized spacial score (nSPS) is 11.9. The lowest BCUT2D eigenvalue weighted by molar-refractivity contribution is -0.385. The Kier molecular flexibility index (Phi) is 6.64. The van der Waals surface area contributed by atoms with E-state index in [0.717, 1.165) is 23.7 Å². The van der Waals surface area contributed by atoms with Gasteiger partial charge in [-0.3, -0.25) is 14.9 Å². The number of amides is 1. The number of alkyl halides is 1. The minimum atomic E-state index is -0.524. The van der Waals surface area contributed by atoms with Crippen LogP contribution in [-0.4, -0.2) is 22.7 Å². The fraction of sp³-hybridized carbons (Fsp3) is 0.500. The van der Waals surface area contributed by atoms with Gasteiger partial charge in [-0.15, -0.1) is 0 Å². The highest BCUT2D eigenvalue weighted by molar-refractivity contribution is 9.09. The van der Waals surface area contributed by atoms with E-state index in [2.05, 4.69) is 28.2 Å². The van der Waals surface area contributed by atoms with Crippen molar-refractivity contribution in [2.75, 3.05) is 11.9 Å². The van der Waals surface area contributed by atoms with Crippen LogP contribution in [0.1, 0.15) is 35.7 Å². The molecule has 0 aliphatic rings. The third-order valence-corrected chi connectivity index (χ3v) is 3.70. The molecule has 0 saturated heterocycles. The van der Waals surface area contributed by atoms with E-state index >= 15 is 0 Å². The predicted octanol–water partition coefficient (Wildman–Crippen LogP) is 3.44. The topological polar surface area (TPSA) is 72.2 Å². The summed E-state index contributed by atoms with van der Waals surface area (Å²) in [5.41, 5.74) is 0.804. The molecule has 0 spiro atoms. The van der Waals surface area contributed by atoms with Crippen LogP contribution in [-0.2, 0) is 0 Å². The van der Waals surface area contributed by atoms with Gasteiger partial charge in [0.25, 0.3) is 11.6 Å². The number of rotatable bonds is 7. The van der Waals surface area contributed by atoms with Crippen molar-refractivity contribution in [2.45, 2.75) is 26.7 Å². The van der Waals surface area contributed by atoms with Crippen LogP contribution in [0.3, 0.4) is 0 Å². The molecule has 0 fully saturated rings. The second-order valence-electron chi connectivity index (χ2n) is 4.74. The molecular weight excluding hydrogens is 324 g/mol. The number of halogens is 1. The highest BCUT2D eigenvalue weighted by Gasteiger charge is 2.20. The van der Waals surface area contributed by atoms with Crippen molar-refractivity contribution in [1.82, 2.24) is 5.32 Å². The molecule has 1 aromatic carbocycles. The van der Waals surface area contributed by atoms with Crippen molar-refractivity contribution < 1.29 is 9.72 Å². The lowest BCUT2D eigenvalue weighted by atomic mass is 10.0. The van der Waals surface area contributed by atoms with Crippen molar-refractivity contribution in [3.8, 4) is 0 Å². The molecule has 20 heavy (non-hydrogen) atoms. The van der Waals surface area contributed by atoms with E-state index in [1.165, 1.54) is 6.07 Å². The number of nitrogens with zero attached hydrogens (tertiary/aromatic N) is 1. The molecule has 0 bridgehead atoms. The number of nitrogens with one attached hydrogen (secondary N) is 1. The van der Waals surface area contributed by atoms with Gasteiger partial charge in [-0.05, 0) is 30.9 Å². The Morgan fingerprint density at radius 1 is 1.50 bits per heavy atom. The van der Waals surface area contributed by atoms with Crippen LogP contribution in [0.2, 0.25) is 0 Å². The van der Waals surface area contributed by atoms with Crippen LogP contribution in [0.4, 0.5) is 5.69 Å². The second-order valence-corrected chi connectivity index (χ2v) is 5.53. The summed E-state index contributed by atoms with van der Waals surface area (Å²) < 4.78 is 0. The lowest BCUT2D eigenvalue weighted by Gasteiger charge is -2.14. The fourth-order valence-electron chi connectivity index (χ4n) is 1.93. The highest BCUT2D eigenvalue weighted by Crippen LogP contribution is 2.20. The number of carbonyl (C=O) groups is 1. The Morgan fingerprint density at radius 3 is 2.75 bits per heavy atom. The summed E-state index contributed by atoms with van der Waals surface area (Å²) in [6.45, 7) is 4.40. The Balaban J connectivity index is 2.81. The van der Waals surface area contributed by atoms with Crippen molar-refractivity contribution in [1.29, 1.82) is 0 Å². The van der Waals surface area contributed by atoms with Crippen LogP contribution >= 0.6 is 15.9 Å². The van der Waals surface area contributed by atoms with Gasteiger partial charge in [0.05, 0.1) is 4.92 Å². The number of hydrogen-bond donors (Lipinski definition) is 1. The zero-order valence-electron chi connectivity index (χ0n) is 11.7. The van der Waals surface area contributed by atoms with E-state index in [4.69, 9.17) is 0 Å². The van der Waals surface area contributed by atoms with Crippen molar-refractivity contribution >= 4 is 27.5 Å². The first-order valence-corrected chi connectivity index (χ1v) is 7.71. The summed E-state index contributed by atoms with van der Waals surface area (Å²) in [6, 6.07) is 4.56. The van der Waals surface area contributed by atoms with Crippen molar-refractivity contribution in [3.05, 3.63) is 39.4 Å². The second kappa shape index (κ2) is 7.99. The Labute approximate surface area is 127 Å². The molecule has 110 valence electrons. The fourth-order valence-corrected chi connectivity index (χ4v) is 2.58. The summed E-state index contributed by atoms with van der Waals surface area (Å²) in [4.78, 5) is 22.5. The third kappa shape index (κ3) is 4.59. The number of hydrogen-bond acceptors (Lipinski definition) is 3. The van der Waals surface area contributed by atoms with Gasteiger partial charge in [0.1, 0.15) is 5.56 Å². The zero-order valence-corrected chi connectivity index (χ0v) is 13.3. The van der Waals surface area contributed by atoms with Gasteiger partial charge in [0.15, 0.2) is 0 Å². The minimum Gasteiger partial charge on any atom is -0.352 e. The quantitative estimate of drug-likeness (QED) is 0.468.